The normalized spacial score (nSPS) is 14.6. The van der Waals surface area contributed by atoms with E-state index in [0.717, 1.165) is 25.7 Å². The summed E-state index contributed by atoms with van der Waals surface area (Å²) in [4.78, 5) is 27.6. The van der Waals surface area contributed by atoms with Gasteiger partial charge >= 0.3 is 0 Å². The maximum atomic E-state index is 13.2. The van der Waals surface area contributed by atoms with Gasteiger partial charge in [0.25, 0.3) is 5.91 Å². The Bertz CT molecular complexity index is 947. The van der Waals surface area contributed by atoms with Crippen LogP contribution in [0.25, 0.3) is 0 Å². The molecular formula is C24H28Cl2N2O4. The van der Waals surface area contributed by atoms with Gasteiger partial charge in [0.15, 0.2) is 18.1 Å². The standard InChI is InChI=1S/C24H28Cl2N2O4/c1-16(24(30)27-19-7-3-4-8-19)28(14-17-11-12-18(25)13-20(17)26)23(29)15-32-22-10-6-5-9-21(22)31-2/h5-6,9-13,16,19H,3-4,7-8,14-15H2,1-2H3,(H,27,30)/t16-/m1/s1. The Hall–Kier alpha value is -2.44. The van der Waals surface area contributed by atoms with Crippen LogP contribution in [0, 0.1) is 0 Å². The molecule has 2 aromatic rings. The molecule has 0 heterocycles. The van der Waals surface area contributed by atoms with Crippen LogP contribution in [0.15, 0.2) is 42.5 Å². The third kappa shape index (κ3) is 6.30. The number of benzene rings is 2. The molecule has 1 aliphatic rings. The topological polar surface area (TPSA) is 67.9 Å². The summed E-state index contributed by atoms with van der Waals surface area (Å²) in [6.07, 6.45) is 4.14. The van der Waals surface area contributed by atoms with Crippen molar-refractivity contribution in [1.82, 2.24) is 10.2 Å². The molecule has 1 atom stereocenters. The molecule has 3 rings (SSSR count). The zero-order valence-electron chi connectivity index (χ0n) is 18.3. The van der Waals surface area contributed by atoms with E-state index in [-0.39, 0.29) is 31.0 Å². The van der Waals surface area contributed by atoms with Gasteiger partial charge < -0.3 is 19.7 Å². The maximum Gasteiger partial charge on any atom is 0.261 e. The number of amides is 2. The number of ether oxygens (including phenoxy) is 2. The fourth-order valence-electron chi connectivity index (χ4n) is 3.77. The first-order chi connectivity index (χ1) is 15.4. The second kappa shape index (κ2) is 11.4. The third-order valence-electron chi connectivity index (χ3n) is 5.64. The monoisotopic (exact) mass is 478 g/mol. The molecule has 6 nitrogen and oxygen atoms in total. The highest BCUT2D eigenvalue weighted by molar-refractivity contribution is 6.35. The van der Waals surface area contributed by atoms with Crippen molar-refractivity contribution < 1.29 is 19.1 Å². The molecule has 0 radical (unpaired) electrons. The van der Waals surface area contributed by atoms with Crippen LogP contribution in [0.1, 0.15) is 38.2 Å². The molecule has 2 amide bonds. The number of carbonyl (C=O) groups is 2. The van der Waals surface area contributed by atoms with Crippen LogP contribution < -0.4 is 14.8 Å². The lowest BCUT2D eigenvalue weighted by molar-refractivity contribution is -0.142. The number of rotatable bonds is 9. The van der Waals surface area contributed by atoms with Crippen LogP contribution in [0.3, 0.4) is 0 Å². The number of hydrogen-bond donors (Lipinski definition) is 1. The first-order valence-electron chi connectivity index (χ1n) is 10.7. The molecule has 1 fully saturated rings. The number of para-hydroxylation sites is 2. The molecule has 1 saturated carbocycles. The summed E-state index contributed by atoms with van der Waals surface area (Å²) in [6, 6.07) is 11.6. The van der Waals surface area contributed by atoms with Crippen molar-refractivity contribution in [3.63, 3.8) is 0 Å². The first kappa shape index (κ1) is 24.2. The Kier molecular flexibility index (Phi) is 8.65. The van der Waals surface area contributed by atoms with E-state index >= 15 is 0 Å². The lowest BCUT2D eigenvalue weighted by atomic mass is 10.1. The van der Waals surface area contributed by atoms with E-state index in [0.29, 0.717) is 27.1 Å². The third-order valence-corrected chi connectivity index (χ3v) is 6.23. The average molecular weight is 479 g/mol. The zero-order valence-corrected chi connectivity index (χ0v) is 19.8. The molecule has 172 valence electrons. The quantitative estimate of drug-likeness (QED) is 0.558. The van der Waals surface area contributed by atoms with Gasteiger partial charge in [-0.25, -0.2) is 0 Å². The van der Waals surface area contributed by atoms with Crippen molar-refractivity contribution in [1.29, 1.82) is 0 Å². The number of methoxy groups -OCH3 is 1. The fraction of sp³-hybridized carbons (Fsp3) is 0.417. The minimum absolute atomic E-state index is 0.156. The van der Waals surface area contributed by atoms with Gasteiger partial charge in [-0.1, -0.05) is 54.2 Å². The molecule has 1 aliphatic carbocycles. The summed E-state index contributed by atoms with van der Waals surface area (Å²) in [5, 5.41) is 4.01. The van der Waals surface area contributed by atoms with E-state index in [9.17, 15) is 9.59 Å². The molecule has 32 heavy (non-hydrogen) atoms. The van der Waals surface area contributed by atoms with Crippen molar-refractivity contribution in [2.24, 2.45) is 0 Å². The number of nitrogens with zero attached hydrogens (tertiary/aromatic N) is 1. The Labute approximate surface area is 198 Å². The predicted octanol–water partition coefficient (Wildman–Crippen LogP) is 4.86. The van der Waals surface area contributed by atoms with Crippen molar-refractivity contribution in [3.8, 4) is 11.5 Å². The molecule has 2 aromatic carbocycles. The first-order valence-corrected chi connectivity index (χ1v) is 11.4. The minimum atomic E-state index is -0.698. The SMILES string of the molecule is COc1ccccc1OCC(=O)N(Cc1ccc(Cl)cc1Cl)[C@H](C)C(=O)NC1CCCC1. The van der Waals surface area contributed by atoms with Crippen molar-refractivity contribution in [3.05, 3.63) is 58.1 Å². The highest BCUT2D eigenvalue weighted by atomic mass is 35.5. The molecule has 0 aliphatic heterocycles. The summed E-state index contributed by atoms with van der Waals surface area (Å²) in [5.41, 5.74) is 0.697. The van der Waals surface area contributed by atoms with E-state index in [1.165, 1.54) is 12.0 Å². The number of halogens is 2. The second-order valence-electron chi connectivity index (χ2n) is 7.86. The van der Waals surface area contributed by atoms with Gasteiger partial charge in [-0.05, 0) is 49.6 Å². The Balaban J connectivity index is 1.76. The highest BCUT2D eigenvalue weighted by Gasteiger charge is 2.29. The number of nitrogens with one attached hydrogen (secondary N) is 1. The molecule has 0 unspecified atom stereocenters. The highest BCUT2D eigenvalue weighted by Crippen LogP contribution is 2.27. The Morgan fingerprint density at radius 2 is 1.81 bits per heavy atom. The van der Waals surface area contributed by atoms with Gasteiger partial charge in [0.05, 0.1) is 7.11 Å². The summed E-state index contributed by atoms with van der Waals surface area (Å²) < 4.78 is 11.0. The van der Waals surface area contributed by atoms with Crippen LogP contribution in [-0.4, -0.2) is 42.5 Å². The molecule has 8 heteroatoms. The molecule has 0 saturated heterocycles. The maximum absolute atomic E-state index is 13.2. The van der Waals surface area contributed by atoms with E-state index < -0.39 is 6.04 Å². The van der Waals surface area contributed by atoms with Crippen molar-refractivity contribution in [2.75, 3.05) is 13.7 Å². The second-order valence-corrected chi connectivity index (χ2v) is 8.71. The van der Waals surface area contributed by atoms with Gasteiger partial charge in [-0.3, -0.25) is 9.59 Å². The van der Waals surface area contributed by atoms with Crippen molar-refractivity contribution in [2.45, 2.75) is 51.2 Å². The summed E-state index contributed by atoms with van der Waals surface area (Å²) >= 11 is 12.4. The molecule has 0 aromatic heterocycles. The van der Waals surface area contributed by atoms with Gasteiger partial charge in [-0.2, -0.15) is 0 Å². The van der Waals surface area contributed by atoms with Gasteiger partial charge in [-0.15, -0.1) is 0 Å². The Morgan fingerprint density at radius 3 is 2.47 bits per heavy atom. The summed E-state index contributed by atoms with van der Waals surface area (Å²) in [5.74, 6) is 0.458. The van der Waals surface area contributed by atoms with Crippen LogP contribution in [0.2, 0.25) is 10.0 Å². The Morgan fingerprint density at radius 1 is 1.12 bits per heavy atom. The van der Waals surface area contributed by atoms with Gasteiger partial charge in [0.1, 0.15) is 6.04 Å². The van der Waals surface area contributed by atoms with Crippen LogP contribution >= 0.6 is 23.2 Å². The molecule has 0 bridgehead atoms. The fourth-order valence-corrected chi connectivity index (χ4v) is 4.24. The lowest BCUT2D eigenvalue weighted by Crippen LogP contribution is -2.50. The summed E-state index contributed by atoms with van der Waals surface area (Å²) in [6.45, 7) is 1.63. The predicted molar refractivity (Wildman–Crippen MR) is 125 cm³/mol. The van der Waals surface area contributed by atoms with E-state index in [1.54, 1.807) is 43.3 Å². The molecule has 0 spiro atoms. The van der Waals surface area contributed by atoms with E-state index in [2.05, 4.69) is 5.32 Å². The molecule has 1 N–H and O–H groups in total. The van der Waals surface area contributed by atoms with Crippen LogP contribution in [0.4, 0.5) is 0 Å². The van der Waals surface area contributed by atoms with Crippen molar-refractivity contribution >= 4 is 35.0 Å². The van der Waals surface area contributed by atoms with E-state index in [1.807, 2.05) is 6.07 Å². The van der Waals surface area contributed by atoms with Crippen LogP contribution in [-0.2, 0) is 16.1 Å². The number of hydrogen-bond acceptors (Lipinski definition) is 4. The summed E-state index contributed by atoms with van der Waals surface area (Å²) in [7, 11) is 1.54. The molecular weight excluding hydrogens is 451 g/mol. The lowest BCUT2D eigenvalue weighted by Gasteiger charge is -2.30. The van der Waals surface area contributed by atoms with Gasteiger partial charge in [0.2, 0.25) is 5.91 Å². The van der Waals surface area contributed by atoms with Crippen LogP contribution in [0.5, 0.6) is 11.5 Å². The average Bonchev–Trinajstić information content (AvgIpc) is 3.29. The van der Waals surface area contributed by atoms with Gasteiger partial charge in [0, 0.05) is 22.6 Å². The van der Waals surface area contributed by atoms with E-state index in [4.69, 9.17) is 32.7 Å². The largest absolute Gasteiger partial charge is 0.493 e. The number of carbonyl (C=O) groups excluding carboxylic acids is 2. The zero-order chi connectivity index (χ0) is 23.1. The smallest absolute Gasteiger partial charge is 0.261 e. The minimum Gasteiger partial charge on any atom is -0.493 e.